The molecule has 96 valence electrons. The van der Waals surface area contributed by atoms with E-state index in [4.69, 9.17) is 0 Å². The average Bonchev–Trinajstić information content (AvgIpc) is 2.30. The average molecular weight is 236 g/mol. The maximum Gasteiger partial charge on any atom is 0.137 e. The van der Waals surface area contributed by atoms with Gasteiger partial charge in [0, 0.05) is 25.7 Å². The van der Waals surface area contributed by atoms with Crippen molar-refractivity contribution in [1.82, 2.24) is 9.97 Å². The quantitative estimate of drug-likeness (QED) is 0.824. The lowest BCUT2D eigenvalue weighted by atomic mass is 10.2. The first-order valence-corrected chi connectivity index (χ1v) is 6.40. The van der Waals surface area contributed by atoms with Gasteiger partial charge in [0.1, 0.15) is 17.5 Å². The highest BCUT2D eigenvalue weighted by molar-refractivity contribution is 5.58. The molecule has 0 saturated heterocycles. The molecule has 0 saturated carbocycles. The fraction of sp³-hybridized carbons (Fsp3) is 0.692. The highest BCUT2D eigenvalue weighted by atomic mass is 15.2. The summed E-state index contributed by atoms with van der Waals surface area (Å²) in [5.41, 5.74) is 1.14. The van der Waals surface area contributed by atoms with Crippen molar-refractivity contribution in [3.05, 3.63) is 11.4 Å². The van der Waals surface area contributed by atoms with Gasteiger partial charge in [-0.2, -0.15) is 0 Å². The van der Waals surface area contributed by atoms with Crippen molar-refractivity contribution in [2.24, 2.45) is 0 Å². The lowest BCUT2D eigenvalue weighted by Gasteiger charge is -2.21. The molecule has 17 heavy (non-hydrogen) atoms. The van der Waals surface area contributed by atoms with Gasteiger partial charge in [0.05, 0.1) is 0 Å². The molecule has 0 aliphatic rings. The summed E-state index contributed by atoms with van der Waals surface area (Å²) in [5.74, 6) is 2.82. The van der Waals surface area contributed by atoms with Gasteiger partial charge in [-0.25, -0.2) is 9.97 Å². The summed E-state index contributed by atoms with van der Waals surface area (Å²) < 4.78 is 0. The number of hydrogen-bond acceptors (Lipinski definition) is 4. The molecule has 4 heteroatoms. The zero-order valence-corrected chi connectivity index (χ0v) is 11.7. The van der Waals surface area contributed by atoms with Crippen LogP contribution < -0.4 is 10.2 Å². The van der Waals surface area contributed by atoms with Crippen molar-refractivity contribution in [1.29, 1.82) is 0 Å². The van der Waals surface area contributed by atoms with Crippen molar-refractivity contribution >= 4 is 11.6 Å². The fourth-order valence-electron chi connectivity index (χ4n) is 1.83. The van der Waals surface area contributed by atoms with E-state index in [1.165, 1.54) is 12.8 Å². The Kier molecular flexibility index (Phi) is 5.19. The lowest BCUT2D eigenvalue weighted by Crippen LogP contribution is -2.22. The highest BCUT2D eigenvalue weighted by Crippen LogP contribution is 2.22. The molecule has 1 aromatic heterocycles. The van der Waals surface area contributed by atoms with Crippen LogP contribution in [0.2, 0.25) is 0 Å². The molecule has 0 unspecified atom stereocenters. The molecule has 0 aliphatic heterocycles. The van der Waals surface area contributed by atoms with Gasteiger partial charge in [-0.1, -0.05) is 13.3 Å². The van der Waals surface area contributed by atoms with Crippen LogP contribution in [0.1, 0.15) is 38.1 Å². The maximum absolute atomic E-state index is 4.54. The Hall–Kier alpha value is -1.32. The van der Waals surface area contributed by atoms with Gasteiger partial charge in [-0.3, -0.25) is 0 Å². The minimum absolute atomic E-state index is 0.824. The van der Waals surface area contributed by atoms with Crippen molar-refractivity contribution < 1.29 is 0 Å². The van der Waals surface area contributed by atoms with E-state index in [1.807, 2.05) is 6.92 Å². The van der Waals surface area contributed by atoms with Crippen LogP contribution >= 0.6 is 0 Å². The number of aryl methyl sites for hydroxylation is 1. The van der Waals surface area contributed by atoms with Crippen LogP contribution in [0.3, 0.4) is 0 Å². The first-order chi connectivity index (χ1) is 8.10. The predicted molar refractivity (Wildman–Crippen MR) is 73.8 cm³/mol. The number of nitrogens with zero attached hydrogens (tertiary/aromatic N) is 3. The largest absolute Gasteiger partial charge is 0.370 e. The molecule has 0 amide bonds. The number of rotatable bonds is 6. The Labute approximate surface area is 104 Å². The third-order valence-electron chi connectivity index (χ3n) is 2.78. The fourth-order valence-corrected chi connectivity index (χ4v) is 1.83. The van der Waals surface area contributed by atoms with Crippen molar-refractivity contribution in [3.63, 3.8) is 0 Å². The molecule has 0 radical (unpaired) electrons. The second-order valence-corrected chi connectivity index (χ2v) is 4.37. The minimum Gasteiger partial charge on any atom is -0.370 e. The first kappa shape index (κ1) is 13.7. The Morgan fingerprint density at radius 1 is 1.18 bits per heavy atom. The molecule has 0 fully saturated rings. The summed E-state index contributed by atoms with van der Waals surface area (Å²) in [7, 11) is 2.10. The van der Waals surface area contributed by atoms with E-state index >= 15 is 0 Å². The van der Waals surface area contributed by atoms with Crippen molar-refractivity contribution in [2.75, 3.05) is 30.4 Å². The number of nitrogens with one attached hydrogen (secondary N) is 1. The van der Waals surface area contributed by atoms with Gasteiger partial charge in [0.15, 0.2) is 0 Å². The zero-order valence-electron chi connectivity index (χ0n) is 11.7. The lowest BCUT2D eigenvalue weighted by molar-refractivity contribution is 0.754. The van der Waals surface area contributed by atoms with Crippen LogP contribution in [0, 0.1) is 13.8 Å². The second-order valence-electron chi connectivity index (χ2n) is 4.37. The molecule has 0 spiro atoms. The predicted octanol–water partition coefficient (Wildman–Crippen LogP) is 2.76. The summed E-state index contributed by atoms with van der Waals surface area (Å²) in [6, 6.07) is 0. The van der Waals surface area contributed by atoms with E-state index in [-0.39, 0.29) is 0 Å². The standard InChI is InChI=1S/C13H24N4/c1-6-8-9-17(5)13-10(3)12(14-7-2)15-11(4)16-13/h6-9H2,1-5H3,(H,14,15,16). The molecular formula is C13H24N4. The van der Waals surface area contributed by atoms with E-state index in [9.17, 15) is 0 Å². The molecule has 1 N–H and O–H groups in total. The summed E-state index contributed by atoms with van der Waals surface area (Å²) in [4.78, 5) is 11.2. The minimum atomic E-state index is 0.824. The SMILES string of the molecule is CCCCN(C)c1nc(C)nc(NCC)c1C. The summed E-state index contributed by atoms with van der Waals surface area (Å²) in [6.07, 6.45) is 2.39. The number of anilines is 2. The molecule has 1 rings (SSSR count). The molecule has 0 atom stereocenters. The maximum atomic E-state index is 4.54. The Bertz CT molecular complexity index is 363. The third kappa shape index (κ3) is 3.58. The van der Waals surface area contributed by atoms with Crippen molar-refractivity contribution in [2.45, 2.75) is 40.5 Å². The second kappa shape index (κ2) is 6.42. The van der Waals surface area contributed by atoms with Crippen LogP contribution in [-0.4, -0.2) is 30.1 Å². The van der Waals surface area contributed by atoms with E-state index in [2.05, 4.69) is 48.0 Å². The zero-order chi connectivity index (χ0) is 12.8. The molecular weight excluding hydrogens is 212 g/mol. The van der Waals surface area contributed by atoms with Crippen LogP contribution in [0.4, 0.5) is 11.6 Å². The van der Waals surface area contributed by atoms with Gasteiger partial charge in [0.2, 0.25) is 0 Å². The monoisotopic (exact) mass is 236 g/mol. The van der Waals surface area contributed by atoms with E-state index in [0.29, 0.717) is 0 Å². The van der Waals surface area contributed by atoms with Crippen molar-refractivity contribution in [3.8, 4) is 0 Å². The summed E-state index contributed by atoms with van der Waals surface area (Å²) >= 11 is 0. The Morgan fingerprint density at radius 3 is 2.47 bits per heavy atom. The molecule has 0 aliphatic carbocycles. The number of aromatic nitrogens is 2. The van der Waals surface area contributed by atoms with Gasteiger partial charge in [0.25, 0.3) is 0 Å². The number of unbranched alkanes of at least 4 members (excludes halogenated alkanes) is 1. The molecule has 1 aromatic rings. The molecule has 0 aromatic carbocycles. The molecule has 0 bridgehead atoms. The van der Waals surface area contributed by atoms with Gasteiger partial charge < -0.3 is 10.2 Å². The van der Waals surface area contributed by atoms with Crippen LogP contribution in [0.5, 0.6) is 0 Å². The Balaban J connectivity index is 2.97. The van der Waals surface area contributed by atoms with Crippen LogP contribution in [0.25, 0.3) is 0 Å². The summed E-state index contributed by atoms with van der Waals surface area (Å²) in [6.45, 7) is 10.2. The summed E-state index contributed by atoms with van der Waals surface area (Å²) in [5, 5.41) is 3.29. The highest BCUT2D eigenvalue weighted by Gasteiger charge is 2.11. The van der Waals surface area contributed by atoms with E-state index in [1.54, 1.807) is 0 Å². The first-order valence-electron chi connectivity index (χ1n) is 6.40. The smallest absolute Gasteiger partial charge is 0.137 e. The molecule has 1 heterocycles. The molecule has 4 nitrogen and oxygen atoms in total. The van der Waals surface area contributed by atoms with Gasteiger partial charge in [-0.05, 0) is 27.2 Å². The van der Waals surface area contributed by atoms with Crippen LogP contribution in [-0.2, 0) is 0 Å². The van der Waals surface area contributed by atoms with Crippen LogP contribution in [0.15, 0.2) is 0 Å². The Morgan fingerprint density at radius 2 is 1.88 bits per heavy atom. The van der Waals surface area contributed by atoms with Gasteiger partial charge in [-0.15, -0.1) is 0 Å². The van der Waals surface area contributed by atoms with E-state index in [0.717, 1.165) is 36.1 Å². The van der Waals surface area contributed by atoms with E-state index < -0.39 is 0 Å². The normalized spacial score (nSPS) is 10.4. The number of hydrogen-bond donors (Lipinski definition) is 1. The topological polar surface area (TPSA) is 41.1 Å². The van der Waals surface area contributed by atoms with Gasteiger partial charge >= 0.3 is 0 Å². The third-order valence-corrected chi connectivity index (χ3v) is 2.78.